The molecule has 0 heterocycles. The summed E-state index contributed by atoms with van der Waals surface area (Å²) in [7, 11) is 3.03. The molecule has 5 heteroatoms. The standard InChI is InChI=1S/C10H13BrFNO2/c1-14-6-8-4-9(11)3-7(10(8)12)5-13-15-2/h3-4,13H,5-6H2,1-2H3. The molecule has 0 radical (unpaired) electrons. The summed E-state index contributed by atoms with van der Waals surface area (Å²) in [5.41, 5.74) is 3.67. The summed E-state index contributed by atoms with van der Waals surface area (Å²) in [5, 5.41) is 0. The summed E-state index contributed by atoms with van der Waals surface area (Å²) in [4.78, 5) is 4.68. The van der Waals surface area contributed by atoms with Gasteiger partial charge in [-0.25, -0.2) is 4.39 Å². The van der Waals surface area contributed by atoms with Crippen molar-refractivity contribution in [3.63, 3.8) is 0 Å². The van der Waals surface area contributed by atoms with Crippen molar-refractivity contribution in [1.29, 1.82) is 0 Å². The molecule has 0 aliphatic heterocycles. The van der Waals surface area contributed by atoms with Crippen molar-refractivity contribution in [2.75, 3.05) is 14.2 Å². The summed E-state index contributed by atoms with van der Waals surface area (Å²) in [6, 6.07) is 3.41. The van der Waals surface area contributed by atoms with Crippen molar-refractivity contribution in [2.24, 2.45) is 0 Å². The first-order valence-corrected chi connectivity index (χ1v) is 5.20. The average molecular weight is 278 g/mol. The second-order valence-corrected chi connectivity index (χ2v) is 3.91. The van der Waals surface area contributed by atoms with Crippen molar-refractivity contribution in [2.45, 2.75) is 13.2 Å². The zero-order chi connectivity index (χ0) is 11.3. The maximum absolute atomic E-state index is 13.8. The van der Waals surface area contributed by atoms with Crippen LogP contribution in [0.1, 0.15) is 11.1 Å². The van der Waals surface area contributed by atoms with E-state index in [1.54, 1.807) is 12.1 Å². The molecule has 15 heavy (non-hydrogen) atoms. The van der Waals surface area contributed by atoms with Gasteiger partial charge in [0, 0.05) is 29.3 Å². The van der Waals surface area contributed by atoms with Gasteiger partial charge in [0.2, 0.25) is 0 Å². The second kappa shape index (κ2) is 6.17. The number of methoxy groups -OCH3 is 1. The fourth-order valence-electron chi connectivity index (χ4n) is 1.25. The minimum atomic E-state index is -0.260. The summed E-state index contributed by atoms with van der Waals surface area (Å²) in [6.07, 6.45) is 0. The van der Waals surface area contributed by atoms with Gasteiger partial charge in [0.25, 0.3) is 0 Å². The number of nitrogens with one attached hydrogen (secondary N) is 1. The smallest absolute Gasteiger partial charge is 0.133 e. The zero-order valence-corrected chi connectivity index (χ0v) is 10.2. The van der Waals surface area contributed by atoms with Crippen LogP contribution in [0.4, 0.5) is 4.39 Å². The molecule has 0 aliphatic carbocycles. The molecule has 0 aliphatic rings. The highest BCUT2D eigenvalue weighted by atomic mass is 79.9. The Hall–Kier alpha value is -0.490. The monoisotopic (exact) mass is 277 g/mol. The predicted molar refractivity (Wildman–Crippen MR) is 58.7 cm³/mol. The molecule has 0 atom stereocenters. The van der Waals surface area contributed by atoms with Gasteiger partial charge >= 0.3 is 0 Å². The van der Waals surface area contributed by atoms with Gasteiger partial charge in [-0.2, -0.15) is 5.48 Å². The Bertz CT molecular complexity index is 333. The number of ether oxygens (including phenoxy) is 1. The third kappa shape index (κ3) is 3.53. The highest BCUT2D eigenvalue weighted by molar-refractivity contribution is 9.10. The van der Waals surface area contributed by atoms with Gasteiger partial charge in [-0.15, -0.1) is 0 Å². The van der Waals surface area contributed by atoms with Gasteiger partial charge in [0.15, 0.2) is 0 Å². The first kappa shape index (κ1) is 12.6. The molecular formula is C10H13BrFNO2. The summed E-state index contributed by atoms with van der Waals surface area (Å²) < 4.78 is 19.5. The fraction of sp³-hybridized carbons (Fsp3) is 0.400. The Balaban J connectivity index is 2.93. The quantitative estimate of drug-likeness (QED) is 0.839. The molecule has 0 saturated heterocycles. The molecule has 84 valence electrons. The van der Waals surface area contributed by atoms with E-state index in [0.29, 0.717) is 17.7 Å². The van der Waals surface area contributed by atoms with Gasteiger partial charge in [0.1, 0.15) is 5.82 Å². The molecule has 0 bridgehead atoms. The van der Waals surface area contributed by atoms with E-state index in [9.17, 15) is 4.39 Å². The Kier molecular flexibility index (Phi) is 5.17. The summed E-state index contributed by atoms with van der Waals surface area (Å²) in [5.74, 6) is -0.260. The van der Waals surface area contributed by atoms with Crippen molar-refractivity contribution in [1.82, 2.24) is 5.48 Å². The highest BCUT2D eigenvalue weighted by Gasteiger charge is 2.09. The largest absolute Gasteiger partial charge is 0.380 e. The van der Waals surface area contributed by atoms with Crippen molar-refractivity contribution >= 4 is 15.9 Å². The van der Waals surface area contributed by atoms with Gasteiger partial charge in [-0.1, -0.05) is 15.9 Å². The Labute approximate surface area is 96.7 Å². The average Bonchev–Trinajstić information content (AvgIpc) is 2.21. The third-order valence-corrected chi connectivity index (χ3v) is 2.35. The van der Waals surface area contributed by atoms with Crippen LogP contribution in [0.5, 0.6) is 0 Å². The lowest BCUT2D eigenvalue weighted by molar-refractivity contribution is 0.0857. The molecule has 0 unspecified atom stereocenters. The van der Waals surface area contributed by atoms with Gasteiger partial charge in [0.05, 0.1) is 13.7 Å². The van der Waals surface area contributed by atoms with Crippen LogP contribution in [0, 0.1) is 5.82 Å². The van der Waals surface area contributed by atoms with Crippen LogP contribution in [0.3, 0.4) is 0 Å². The first-order valence-electron chi connectivity index (χ1n) is 4.40. The highest BCUT2D eigenvalue weighted by Crippen LogP contribution is 2.21. The normalized spacial score (nSPS) is 10.7. The topological polar surface area (TPSA) is 30.5 Å². The third-order valence-electron chi connectivity index (χ3n) is 1.89. The van der Waals surface area contributed by atoms with E-state index in [1.807, 2.05) is 0 Å². The molecular weight excluding hydrogens is 265 g/mol. The molecule has 1 rings (SSSR count). The van der Waals surface area contributed by atoms with E-state index >= 15 is 0 Å². The van der Waals surface area contributed by atoms with Crippen LogP contribution in [-0.2, 0) is 22.7 Å². The van der Waals surface area contributed by atoms with Crippen LogP contribution in [0.2, 0.25) is 0 Å². The Morgan fingerprint density at radius 3 is 2.60 bits per heavy atom. The molecule has 0 amide bonds. The lowest BCUT2D eigenvalue weighted by Crippen LogP contribution is -2.13. The molecule has 1 N–H and O–H groups in total. The Morgan fingerprint density at radius 1 is 1.33 bits per heavy atom. The molecule has 0 spiro atoms. The number of halogens is 2. The van der Waals surface area contributed by atoms with E-state index in [0.717, 1.165) is 4.47 Å². The first-order chi connectivity index (χ1) is 7.19. The van der Waals surface area contributed by atoms with Crippen LogP contribution in [0.15, 0.2) is 16.6 Å². The van der Waals surface area contributed by atoms with E-state index in [4.69, 9.17) is 4.74 Å². The number of hydrogen-bond donors (Lipinski definition) is 1. The molecule has 0 fully saturated rings. The number of rotatable bonds is 5. The summed E-state index contributed by atoms with van der Waals surface area (Å²) in [6.45, 7) is 0.573. The number of benzene rings is 1. The second-order valence-electron chi connectivity index (χ2n) is 3.00. The molecule has 1 aromatic carbocycles. The van der Waals surface area contributed by atoms with E-state index in [2.05, 4.69) is 26.2 Å². The van der Waals surface area contributed by atoms with E-state index in [1.165, 1.54) is 14.2 Å². The van der Waals surface area contributed by atoms with Gasteiger partial charge < -0.3 is 9.57 Å². The molecule has 0 saturated carbocycles. The van der Waals surface area contributed by atoms with Crippen molar-refractivity contribution in [3.8, 4) is 0 Å². The minimum Gasteiger partial charge on any atom is -0.380 e. The molecule has 3 nitrogen and oxygen atoms in total. The molecule has 1 aromatic rings. The van der Waals surface area contributed by atoms with Gasteiger partial charge in [-0.3, -0.25) is 0 Å². The van der Waals surface area contributed by atoms with Crippen LogP contribution in [-0.4, -0.2) is 14.2 Å². The number of hydroxylamine groups is 1. The Morgan fingerprint density at radius 2 is 2.00 bits per heavy atom. The minimum absolute atomic E-state index is 0.255. The number of hydrogen-bond acceptors (Lipinski definition) is 3. The van der Waals surface area contributed by atoms with Crippen molar-refractivity contribution < 1.29 is 14.0 Å². The van der Waals surface area contributed by atoms with E-state index in [-0.39, 0.29) is 12.4 Å². The SMILES string of the molecule is COCc1cc(Br)cc(CNOC)c1F. The lowest BCUT2D eigenvalue weighted by Gasteiger charge is -2.09. The van der Waals surface area contributed by atoms with Gasteiger partial charge in [-0.05, 0) is 12.1 Å². The van der Waals surface area contributed by atoms with Crippen LogP contribution >= 0.6 is 15.9 Å². The van der Waals surface area contributed by atoms with E-state index < -0.39 is 0 Å². The molecule has 0 aromatic heterocycles. The maximum atomic E-state index is 13.8. The fourth-order valence-corrected chi connectivity index (χ4v) is 1.80. The summed E-state index contributed by atoms with van der Waals surface area (Å²) >= 11 is 3.32. The predicted octanol–water partition coefficient (Wildman–Crippen LogP) is 2.39. The van der Waals surface area contributed by atoms with Crippen LogP contribution in [0.25, 0.3) is 0 Å². The lowest BCUT2D eigenvalue weighted by atomic mass is 10.1. The zero-order valence-electron chi connectivity index (χ0n) is 8.64. The maximum Gasteiger partial charge on any atom is 0.133 e. The van der Waals surface area contributed by atoms with Crippen LogP contribution < -0.4 is 5.48 Å². The van der Waals surface area contributed by atoms with Crippen molar-refractivity contribution in [3.05, 3.63) is 33.5 Å².